The molecule has 0 unspecified atom stereocenters. The number of aliphatic imine (C=N–C) groups is 1. The number of carbonyl (C=O) groups excluding carboxylic acids is 1. The van der Waals surface area contributed by atoms with Crippen molar-refractivity contribution in [3.8, 4) is 0 Å². The van der Waals surface area contributed by atoms with Crippen LogP contribution in [-0.4, -0.2) is 46.9 Å². The van der Waals surface area contributed by atoms with E-state index in [1.807, 2.05) is 0 Å². The molecule has 0 radical (unpaired) electrons. The zero-order valence-corrected chi connectivity index (χ0v) is 14.9. The fraction of sp³-hybridized carbons (Fsp3) is 0.500. The fourth-order valence-corrected chi connectivity index (χ4v) is 4.02. The molecule has 23 heavy (non-hydrogen) atoms. The number of hydrogen-bond acceptors (Lipinski definition) is 6. The zero-order chi connectivity index (χ0) is 17.3. The van der Waals surface area contributed by atoms with Gasteiger partial charge in [0.1, 0.15) is 6.61 Å². The minimum atomic E-state index is -4.40. The molecular formula is C12H14Cl3N3O4S. The van der Waals surface area contributed by atoms with Crippen molar-refractivity contribution in [2.45, 2.75) is 22.2 Å². The molecule has 1 aliphatic heterocycles. The van der Waals surface area contributed by atoms with E-state index in [9.17, 15) is 13.2 Å². The SMILES string of the molecule is NC1=NCCCC2(C=CC(=O)C=C2)N1S(=O)(=O)OCC(Cl)(Cl)Cl. The van der Waals surface area contributed by atoms with Gasteiger partial charge in [0.15, 0.2) is 5.78 Å². The molecule has 0 saturated carbocycles. The van der Waals surface area contributed by atoms with Crippen molar-refractivity contribution < 1.29 is 17.4 Å². The van der Waals surface area contributed by atoms with Crippen LogP contribution in [0.2, 0.25) is 0 Å². The topological polar surface area (TPSA) is 102 Å². The highest BCUT2D eigenvalue weighted by molar-refractivity contribution is 7.85. The van der Waals surface area contributed by atoms with Crippen LogP contribution in [-0.2, 0) is 19.3 Å². The van der Waals surface area contributed by atoms with Crippen molar-refractivity contribution in [1.29, 1.82) is 0 Å². The van der Waals surface area contributed by atoms with Gasteiger partial charge in [0.05, 0.1) is 5.54 Å². The molecule has 0 fully saturated rings. The second-order valence-electron chi connectivity index (χ2n) is 5.00. The average molecular weight is 403 g/mol. The first-order valence-corrected chi connectivity index (χ1v) is 9.05. The van der Waals surface area contributed by atoms with Crippen LogP contribution in [0.4, 0.5) is 0 Å². The normalized spacial score (nSPS) is 21.4. The van der Waals surface area contributed by atoms with Gasteiger partial charge in [-0.05, 0) is 25.0 Å². The number of nitrogens with two attached hydrogens (primary N) is 1. The van der Waals surface area contributed by atoms with Crippen LogP contribution in [0.25, 0.3) is 0 Å². The molecule has 0 amide bonds. The predicted molar refractivity (Wildman–Crippen MR) is 88.7 cm³/mol. The van der Waals surface area contributed by atoms with E-state index in [1.54, 1.807) is 0 Å². The molecule has 0 bridgehead atoms. The van der Waals surface area contributed by atoms with Crippen molar-refractivity contribution in [1.82, 2.24) is 4.31 Å². The van der Waals surface area contributed by atoms with E-state index in [-0.39, 0.29) is 11.7 Å². The summed E-state index contributed by atoms with van der Waals surface area (Å²) in [7, 11) is -4.40. The highest BCUT2D eigenvalue weighted by Crippen LogP contribution is 2.34. The smallest absolute Gasteiger partial charge is 0.366 e. The van der Waals surface area contributed by atoms with Crippen LogP contribution in [0.3, 0.4) is 0 Å². The summed E-state index contributed by atoms with van der Waals surface area (Å²) in [4.78, 5) is 15.4. The Morgan fingerprint density at radius 2 is 1.96 bits per heavy atom. The molecule has 1 spiro atoms. The summed E-state index contributed by atoms with van der Waals surface area (Å²) in [5.41, 5.74) is 4.63. The standard InChI is InChI=1S/C12H14Cl3N3O4S/c13-12(14,15)8-22-23(20,21)18-10(16)17-7-1-4-11(18)5-2-9(19)3-6-11/h2-3,5-6H,1,4,7-8H2,(H2,16,17). The highest BCUT2D eigenvalue weighted by atomic mass is 35.6. The number of allylic oxidation sites excluding steroid dienone is 2. The molecule has 0 atom stereocenters. The first-order valence-electron chi connectivity index (χ1n) is 6.55. The van der Waals surface area contributed by atoms with Gasteiger partial charge in [-0.1, -0.05) is 47.0 Å². The summed E-state index contributed by atoms with van der Waals surface area (Å²) in [6.45, 7) is -0.341. The Morgan fingerprint density at radius 1 is 1.35 bits per heavy atom. The average Bonchev–Trinajstić information content (AvgIpc) is 2.59. The minimum absolute atomic E-state index is 0.254. The number of nitrogens with zero attached hydrogens (tertiary/aromatic N) is 2. The third kappa shape index (κ3) is 4.39. The summed E-state index contributed by atoms with van der Waals surface area (Å²) >= 11 is 16.6. The molecule has 7 nitrogen and oxygen atoms in total. The summed E-state index contributed by atoms with van der Waals surface area (Å²) in [5, 5.41) is 0. The third-order valence-electron chi connectivity index (χ3n) is 3.26. The van der Waals surface area contributed by atoms with Crippen molar-refractivity contribution in [2.75, 3.05) is 13.2 Å². The molecular weight excluding hydrogens is 389 g/mol. The largest absolute Gasteiger partial charge is 0.369 e. The molecule has 1 heterocycles. The van der Waals surface area contributed by atoms with E-state index < -0.39 is 26.2 Å². The molecule has 2 aliphatic rings. The van der Waals surface area contributed by atoms with Gasteiger partial charge in [0, 0.05) is 6.54 Å². The maximum absolute atomic E-state index is 12.6. The van der Waals surface area contributed by atoms with Gasteiger partial charge in [-0.2, -0.15) is 8.42 Å². The lowest BCUT2D eigenvalue weighted by molar-refractivity contribution is -0.110. The van der Waals surface area contributed by atoms with Crippen LogP contribution >= 0.6 is 34.8 Å². The lowest BCUT2D eigenvalue weighted by atomic mass is 9.89. The maximum Gasteiger partial charge on any atom is 0.366 e. The highest BCUT2D eigenvalue weighted by Gasteiger charge is 2.45. The van der Waals surface area contributed by atoms with Crippen LogP contribution in [0.1, 0.15) is 12.8 Å². The number of ketones is 1. The number of hydrogen-bond donors (Lipinski definition) is 1. The van der Waals surface area contributed by atoms with E-state index in [4.69, 9.17) is 44.7 Å². The first kappa shape index (κ1) is 18.5. The Bertz CT molecular complexity index is 666. The van der Waals surface area contributed by atoms with Crippen molar-refractivity contribution in [3.05, 3.63) is 24.3 Å². The number of alkyl halides is 3. The molecule has 0 aromatic carbocycles. The number of guanidine groups is 1. The Balaban J connectivity index is 2.42. The van der Waals surface area contributed by atoms with Gasteiger partial charge >= 0.3 is 10.3 Å². The van der Waals surface area contributed by atoms with E-state index in [0.717, 1.165) is 4.31 Å². The Labute approximate surface area is 149 Å². The quantitative estimate of drug-likeness (QED) is 0.720. The molecule has 0 aromatic rings. The summed E-state index contributed by atoms with van der Waals surface area (Å²) in [5.74, 6) is -0.509. The minimum Gasteiger partial charge on any atom is -0.369 e. The fourth-order valence-electron chi connectivity index (χ4n) is 2.32. The van der Waals surface area contributed by atoms with E-state index in [0.29, 0.717) is 19.4 Å². The van der Waals surface area contributed by atoms with Crippen LogP contribution < -0.4 is 5.73 Å². The van der Waals surface area contributed by atoms with E-state index >= 15 is 0 Å². The molecule has 2 rings (SSSR count). The first-order chi connectivity index (χ1) is 10.6. The number of carbonyl (C=O) groups is 1. The molecule has 1 aliphatic carbocycles. The molecule has 128 valence electrons. The van der Waals surface area contributed by atoms with Crippen LogP contribution in [0, 0.1) is 0 Å². The summed E-state index contributed by atoms with van der Waals surface area (Å²) in [6, 6.07) is 0. The zero-order valence-electron chi connectivity index (χ0n) is 11.8. The van der Waals surface area contributed by atoms with Crippen molar-refractivity contribution in [3.63, 3.8) is 0 Å². The summed E-state index contributed by atoms with van der Waals surface area (Å²) in [6.07, 6.45) is 6.40. The van der Waals surface area contributed by atoms with E-state index in [1.165, 1.54) is 24.3 Å². The van der Waals surface area contributed by atoms with Gasteiger partial charge in [0.2, 0.25) is 9.75 Å². The number of halogens is 3. The lowest BCUT2D eigenvalue weighted by Gasteiger charge is -2.38. The van der Waals surface area contributed by atoms with Gasteiger partial charge in [0.25, 0.3) is 0 Å². The van der Waals surface area contributed by atoms with Gasteiger partial charge in [-0.15, -0.1) is 0 Å². The molecule has 11 heteroatoms. The third-order valence-corrected chi connectivity index (χ3v) is 4.98. The van der Waals surface area contributed by atoms with E-state index in [2.05, 4.69) is 4.99 Å². The Kier molecular flexibility index (Phi) is 5.32. The molecule has 0 aromatic heterocycles. The second-order valence-corrected chi connectivity index (χ2v) is 8.98. The monoisotopic (exact) mass is 401 g/mol. The Hall–Kier alpha value is -0.800. The van der Waals surface area contributed by atoms with Gasteiger partial charge in [-0.25, -0.2) is 8.49 Å². The predicted octanol–water partition coefficient (Wildman–Crippen LogP) is 1.46. The van der Waals surface area contributed by atoms with Crippen LogP contribution in [0.5, 0.6) is 0 Å². The summed E-state index contributed by atoms with van der Waals surface area (Å²) < 4.78 is 28.8. The second kappa shape index (κ2) is 6.60. The molecule has 0 saturated heterocycles. The van der Waals surface area contributed by atoms with Gasteiger partial charge in [-0.3, -0.25) is 9.79 Å². The Morgan fingerprint density at radius 3 is 2.52 bits per heavy atom. The van der Waals surface area contributed by atoms with Gasteiger partial charge < -0.3 is 5.73 Å². The van der Waals surface area contributed by atoms with Crippen molar-refractivity contribution in [2.24, 2.45) is 10.7 Å². The maximum atomic E-state index is 12.6. The van der Waals surface area contributed by atoms with Crippen LogP contribution in [0.15, 0.2) is 29.3 Å². The molecule has 2 N–H and O–H groups in total. The lowest BCUT2D eigenvalue weighted by Crippen LogP contribution is -2.56. The number of rotatable bonds is 3. The van der Waals surface area contributed by atoms with Crippen molar-refractivity contribution >= 4 is 56.8 Å².